The Hall–Kier alpha value is -0.990. The number of esters is 1. The van der Waals surface area contributed by atoms with Crippen molar-refractivity contribution < 1.29 is 14.3 Å². The Morgan fingerprint density at radius 2 is 2.06 bits per heavy atom. The van der Waals surface area contributed by atoms with Gasteiger partial charge in [0.2, 0.25) is 6.29 Å². The maximum Gasteiger partial charge on any atom is 0.315 e. The maximum absolute atomic E-state index is 12.4. The van der Waals surface area contributed by atoms with E-state index in [4.69, 9.17) is 9.47 Å². The van der Waals surface area contributed by atoms with E-state index in [1.54, 1.807) is 6.92 Å². The molecular weight excluding hydrogens is 228 g/mol. The highest BCUT2D eigenvalue weighted by molar-refractivity contribution is 5.77. The topological polar surface area (TPSA) is 35.5 Å². The zero-order chi connectivity index (χ0) is 13.4. The van der Waals surface area contributed by atoms with Crippen molar-refractivity contribution in [1.82, 2.24) is 0 Å². The van der Waals surface area contributed by atoms with E-state index in [9.17, 15) is 4.79 Å². The Bertz CT molecular complexity index is 267. The van der Waals surface area contributed by atoms with Gasteiger partial charge in [0.15, 0.2) is 0 Å². The predicted octanol–water partition coefficient (Wildman–Crippen LogP) is 4.18. The molecule has 1 aliphatic rings. The first-order valence-electron chi connectivity index (χ1n) is 7.12. The number of hydrogen-bond acceptors (Lipinski definition) is 3. The molecule has 1 aliphatic carbocycles. The molecule has 3 nitrogen and oxygen atoms in total. The van der Waals surface area contributed by atoms with Crippen LogP contribution in [0.25, 0.3) is 0 Å². The summed E-state index contributed by atoms with van der Waals surface area (Å²) in [6, 6.07) is 0. The maximum atomic E-state index is 12.4. The van der Waals surface area contributed by atoms with Gasteiger partial charge in [-0.05, 0) is 19.3 Å². The van der Waals surface area contributed by atoms with Gasteiger partial charge in [-0.25, -0.2) is 0 Å². The van der Waals surface area contributed by atoms with Gasteiger partial charge in [0, 0.05) is 6.92 Å². The zero-order valence-electron chi connectivity index (χ0n) is 11.7. The minimum Gasteiger partial charge on any atom is -0.463 e. The number of rotatable bonds is 7. The zero-order valence-corrected chi connectivity index (χ0v) is 11.7. The summed E-state index contributed by atoms with van der Waals surface area (Å²) in [6.45, 7) is 7.36. The normalized spacial score (nSPS) is 19.9. The van der Waals surface area contributed by atoms with Gasteiger partial charge in [0.25, 0.3) is 0 Å². The second kappa shape index (κ2) is 7.45. The van der Waals surface area contributed by atoms with Crippen molar-refractivity contribution >= 4 is 5.97 Å². The molecule has 3 heteroatoms. The molecule has 0 spiro atoms. The summed E-state index contributed by atoms with van der Waals surface area (Å²) >= 11 is 0. The van der Waals surface area contributed by atoms with E-state index in [2.05, 4.69) is 13.5 Å². The van der Waals surface area contributed by atoms with Crippen molar-refractivity contribution in [2.75, 3.05) is 0 Å². The van der Waals surface area contributed by atoms with E-state index in [0.29, 0.717) is 0 Å². The van der Waals surface area contributed by atoms with Crippen LogP contribution in [0.5, 0.6) is 0 Å². The second-order valence-electron chi connectivity index (χ2n) is 5.22. The van der Waals surface area contributed by atoms with E-state index in [-0.39, 0.29) is 11.4 Å². The number of carbonyl (C=O) groups excluding carboxylic acids is 1. The number of carbonyl (C=O) groups is 1. The number of ether oxygens (including phenoxy) is 2. The summed E-state index contributed by atoms with van der Waals surface area (Å²) in [6.07, 6.45) is 9.38. The standard InChI is InChI=1S/C15H26O3/c1-4-6-10-15(11-8-7-9-12-15)14(16)18-13(3)17-5-2/h5,13H,2,4,6-12H2,1,3H3. The van der Waals surface area contributed by atoms with Gasteiger partial charge < -0.3 is 9.47 Å². The van der Waals surface area contributed by atoms with E-state index in [0.717, 1.165) is 44.9 Å². The fourth-order valence-electron chi connectivity index (χ4n) is 2.74. The third-order valence-electron chi connectivity index (χ3n) is 3.81. The molecule has 18 heavy (non-hydrogen) atoms. The van der Waals surface area contributed by atoms with Gasteiger partial charge >= 0.3 is 5.97 Å². The molecule has 0 N–H and O–H groups in total. The Balaban J connectivity index is 2.63. The molecule has 0 aromatic rings. The van der Waals surface area contributed by atoms with Crippen molar-refractivity contribution in [2.24, 2.45) is 5.41 Å². The molecule has 1 rings (SSSR count). The quantitative estimate of drug-likeness (QED) is 0.388. The van der Waals surface area contributed by atoms with Crippen LogP contribution in [0.2, 0.25) is 0 Å². The molecule has 0 bridgehead atoms. The van der Waals surface area contributed by atoms with Gasteiger partial charge in [0.05, 0.1) is 11.7 Å². The monoisotopic (exact) mass is 254 g/mol. The average Bonchev–Trinajstić information content (AvgIpc) is 2.37. The molecule has 1 unspecified atom stereocenters. The van der Waals surface area contributed by atoms with Gasteiger partial charge in [-0.15, -0.1) is 0 Å². The molecular formula is C15H26O3. The van der Waals surface area contributed by atoms with E-state index in [1.807, 2.05) is 0 Å². The summed E-state index contributed by atoms with van der Waals surface area (Å²) in [5, 5.41) is 0. The first kappa shape index (κ1) is 15.1. The molecule has 0 heterocycles. The largest absolute Gasteiger partial charge is 0.463 e. The molecule has 0 saturated heterocycles. The molecule has 1 fully saturated rings. The lowest BCUT2D eigenvalue weighted by Crippen LogP contribution is -2.37. The smallest absolute Gasteiger partial charge is 0.315 e. The first-order chi connectivity index (χ1) is 8.64. The molecule has 104 valence electrons. The fraction of sp³-hybridized carbons (Fsp3) is 0.800. The van der Waals surface area contributed by atoms with E-state index >= 15 is 0 Å². The van der Waals surface area contributed by atoms with Crippen molar-refractivity contribution in [3.63, 3.8) is 0 Å². The molecule has 0 amide bonds. The van der Waals surface area contributed by atoms with E-state index in [1.165, 1.54) is 12.7 Å². The summed E-state index contributed by atoms with van der Waals surface area (Å²) < 4.78 is 10.5. The van der Waals surface area contributed by atoms with Crippen molar-refractivity contribution in [3.05, 3.63) is 12.8 Å². The Morgan fingerprint density at radius 3 is 2.61 bits per heavy atom. The third-order valence-corrected chi connectivity index (χ3v) is 3.81. The number of unbranched alkanes of at least 4 members (excludes halogenated alkanes) is 1. The van der Waals surface area contributed by atoms with Gasteiger partial charge in [-0.2, -0.15) is 0 Å². The van der Waals surface area contributed by atoms with Crippen LogP contribution in [0.4, 0.5) is 0 Å². The van der Waals surface area contributed by atoms with Gasteiger partial charge in [-0.1, -0.05) is 45.6 Å². The second-order valence-corrected chi connectivity index (χ2v) is 5.22. The first-order valence-corrected chi connectivity index (χ1v) is 7.12. The lowest BCUT2D eigenvalue weighted by molar-refractivity contribution is -0.181. The number of hydrogen-bond donors (Lipinski definition) is 0. The van der Waals surface area contributed by atoms with Crippen LogP contribution in [0.3, 0.4) is 0 Å². The molecule has 1 atom stereocenters. The summed E-state index contributed by atoms with van der Waals surface area (Å²) in [5.41, 5.74) is -0.257. The van der Waals surface area contributed by atoms with Crippen molar-refractivity contribution in [2.45, 2.75) is 71.5 Å². The van der Waals surface area contributed by atoms with Crippen LogP contribution in [0.1, 0.15) is 65.2 Å². The Labute approximate surface area is 111 Å². The van der Waals surface area contributed by atoms with Crippen LogP contribution in [-0.4, -0.2) is 12.3 Å². The van der Waals surface area contributed by atoms with E-state index < -0.39 is 6.29 Å². The Morgan fingerprint density at radius 1 is 1.39 bits per heavy atom. The van der Waals surface area contributed by atoms with Crippen LogP contribution in [0, 0.1) is 5.41 Å². The van der Waals surface area contributed by atoms with Crippen LogP contribution < -0.4 is 0 Å². The summed E-state index contributed by atoms with van der Waals surface area (Å²) in [5.74, 6) is -0.0787. The average molecular weight is 254 g/mol. The molecule has 0 aliphatic heterocycles. The minimum atomic E-state index is -0.532. The van der Waals surface area contributed by atoms with Crippen LogP contribution >= 0.6 is 0 Å². The lowest BCUT2D eigenvalue weighted by atomic mass is 9.71. The summed E-state index contributed by atoms with van der Waals surface area (Å²) in [4.78, 5) is 12.4. The molecule has 1 saturated carbocycles. The fourth-order valence-corrected chi connectivity index (χ4v) is 2.74. The highest BCUT2D eigenvalue weighted by atomic mass is 16.7. The van der Waals surface area contributed by atoms with Crippen molar-refractivity contribution in [3.8, 4) is 0 Å². The molecule has 0 aromatic carbocycles. The Kier molecular flexibility index (Phi) is 6.23. The minimum absolute atomic E-state index is 0.0787. The van der Waals surface area contributed by atoms with Crippen LogP contribution in [-0.2, 0) is 14.3 Å². The lowest BCUT2D eigenvalue weighted by Gasteiger charge is -2.35. The van der Waals surface area contributed by atoms with Crippen LogP contribution in [0.15, 0.2) is 12.8 Å². The summed E-state index contributed by atoms with van der Waals surface area (Å²) in [7, 11) is 0. The highest BCUT2D eigenvalue weighted by Crippen LogP contribution is 2.42. The SMILES string of the molecule is C=COC(C)OC(=O)C1(CCCC)CCCCC1. The van der Waals surface area contributed by atoms with Gasteiger partial charge in [-0.3, -0.25) is 4.79 Å². The molecule has 0 aromatic heterocycles. The van der Waals surface area contributed by atoms with Gasteiger partial charge in [0.1, 0.15) is 0 Å². The predicted molar refractivity (Wildman–Crippen MR) is 71.9 cm³/mol. The van der Waals surface area contributed by atoms with Crippen molar-refractivity contribution in [1.29, 1.82) is 0 Å². The third kappa shape index (κ3) is 4.04. The molecule has 0 radical (unpaired) electrons. The highest BCUT2D eigenvalue weighted by Gasteiger charge is 2.40.